The summed E-state index contributed by atoms with van der Waals surface area (Å²) in [5.74, 6) is -0.657. The molecule has 0 atom stereocenters. The molecule has 0 fully saturated rings. The van der Waals surface area contributed by atoms with Gasteiger partial charge in [0.1, 0.15) is 6.61 Å². The number of nitrogens with zero attached hydrogens (tertiary/aromatic N) is 1. The second-order valence-electron chi connectivity index (χ2n) is 6.30. The predicted octanol–water partition coefficient (Wildman–Crippen LogP) is 4.34. The first-order chi connectivity index (χ1) is 12.7. The number of benzene rings is 2. The van der Waals surface area contributed by atoms with Crippen molar-refractivity contribution in [2.75, 3.05) is 13.1 Å². The van der Waals surface area contributed by atoms with Gasteiger partial charge in [0.15, 0.2) is 0 Å². The van der Waals surface area contributed by atoms with E-state index >= 15 is 0 Å². The smallest absolute Gasteiger partial charge is 0.340 e. The molecule has 27 heavy (non-hydrogen) atoms. The van der Waals surface area contributed by atoms with Gasteiger partial charge in [-0.1, -0.05) is 54.8 Å². The Morgan fingerprint density at radius 2 is 1.63 bits per heavy atom. The fourth-order valence-electron chi connectivity index (χ4n) is 2.91. The predicted molar refractivity (Wildman–Crippen MR) is 107 cm³/mol. The molecule has 0 aromatic heterocycles. The van der Waals surface area contributed by atoms with Gasteiger partial charge in [-0.2, -0.15) is 4.31 Å². The number of halogens is 1. The van der Waals surface area contributed by atoms with Crippen molar-refractivity contribution in [2.45, 2.75) is 39.2 Å². The molecule has 0 unspecified atom stereocenters. The van der Waals surface area contributed by atoms with Gasteiger partial charge in [0.2, 0.25) is 10.0 Å². The van der Waals surface area contributed by atoms with E-state index in [1.165, 1.54) is 22.5 Å². The maximum Gasteiger partial charge on any atom is 0.340 e. The van der Waals surface area contributed by atoms with E-state index in [2.05, 4.69) is 0 Å². The first-order valence-corrected chi connectivity index (χ1v) is 10.5. The van der Waals surface area contributed by atoms with E-state index in [1.54, 1.807) is 13.8 Å². The average molecular weight is 410 g/mol. The van der Waals surface area contributed by atoms with Crippen LogP contribution in [-0.4, -0.2) is 31.8 Å². The lowest BCUT2D eigenvalue weighted by atomic mass is 10.1. The summed E-state index contributed by atoms with van der Waals surface area (Å²) >= 11 is 6.11. The van der Waals surface area contributed by atoms with Crippen LogP contribution in [0.15, 0.2) is 41.3 Å². The molecule has 0 amide bonds. The first kappa shape index (κ1) is 21.4. The van der Waals surface area contributed by atoms with Crippen LogP contribution in [0.2, 0.25) is 5.02 Å². The fraction of sp³-hybridized carbons (Fsp3) is 0.350. The largest absolute Gasteiger partial charge is 0.457 e. The van der Waals surface area contributed by atoms with Gasteiger partial charge in [-0.05, 0) is 37.6 Å². The highest BCUT2D eigenvalue weighted by Crippen LogP contribution is 2.24. The Bertz CT molecular complexity index is 917. The third-order valence-corrected chi connectivity index (χ3v) is 6.53. The standard InChI is InChI=1S/C20H24ClNO4S/c1-5-22(6-2)27(24,25)17-7-8-19(21)18(12-17)20(23)26-13-16-10-14(3)9-15(4)11-16/h7-12H,5-6,13H2,1-4H3. The lowest BCUT2D eigenvalue weighted by Gasteiger charge is -2.19. The number of carbonyl (C=O) groups excluding carboxylic acids is 1. The molecule has 0 saturated heterocycles. The van der Waals surface area contributed by atoms with Gasteiger partial charge in [-0.3, -0.25) is 0 Å². The quantitative estimate of drug-likeness (QED) is 0.638. The second kappa shape index (κ2) is 8.87. The van der Waals surface area contributed by atoms with Crippen molar-refractivity contribution in [3.05, 3.63) is 63.7 Å². The van der Waals surface area contributed by atoms with E-state index in [0.717, 1.165) is 16.7 Å². The van der Waals surface area contributed by atoms with E-state index in [9.17, 15) is 13.2 Å². The third kappa shape index (κ3) is 5.09. The van der Waals surface area contributed by atoms with Crippen LogP contribution in [0.1, 0.15) is 40.9 Å². The number of carbonyl (C=O) groups is 1. The number of sulfonamides is 1. The molecule has 0 bridgehead atoms. The minimum absolute atomic E-state index is 0.0222. The van der Waals surface area contributed by atoms with Crippen molar-refractivity contribution in [1.29, 1.82) is 0 Å². The van der Waals surface area contributed by atoms with Crippen molar-refractivity contribution in [1.82, 2.24) is 4.31 Å². The maximum atomic E-state index is 12.7. The summed E-state index contributed by atoms with van der Waals surface area (Å²) in [7, 11) is -3.69. The van der Waals surface area contributed by atoms with Gasteiger partial charge in [0.05, 0.1) is 15.5 Å². The highest BCUT2D eigenvalue weighted by Gasteiger charge is 2.24. The molecule has 0 N–H and O–H groups in total. The number of esters is 1. The highest BCUT2D eigenvalue weighted by atomic mass is 35.5. The Balaban J connectivity index is 2.26. The lowest BCUT2D eigenvalue weighted by Crippen LogP contribution is -2.30. The summed E-state index contributed by atoms with van der Waals surface area (Å²) in [6.45, 7) is 8.23. The molecule has 0 aliphatic carbocycles. The zero-order valence-corrected chi connectivity index (χ0v) is 17.5. The van der Waals surface area contributed by atoms with Gasteiger partial charge in [-0.15, -0.1) is 0 Å². The zero-order chi connectivity index (χ0) is 20.2. The molecule has 146 valence electrons. The van der Waals surface area contributed by atoms with Gasteiger partial charge >= 0.3 is 5.97 Å². The number of ether oxygens (including phenoxy) is 1. The van der Waals surface area contributed by atoms with Gasteiger partial charge < -0.3 is 4.74 Å². The molecule has 2 rings (SSSR count). The van der Waals surface area contributed by atoms with E-state index in [-0.39, 0.29) is 22.1 Å². The summed E-state index contributed by atoms with van der Waals surface area (Å²) in [4.78, 5) is 12.5. The van der Waals surface area contributed by atoms with E-state index < -0.39 is 16.0 Å². The summed E-state index contributed by atoms with van der Waals surface area (Å²) in [6.07, 6.45) is 0. The van der Waals surface area contributed by atoms with Crippen molar-refractivity contribution in [2.24, 2.45) is 0 Å². The Hall–Kier alpha value is -1.89. The summed E-state index contributed by atoms with van der Waals surface area (Å²) in [5, 5.41) is 0.152. The van der Waals surface area contributed by atoms with E-state index in [4.69, 9.17) is 16.3 Å². The molecule has 0 spiro atoms. The molecule has 0 saturated carbocycles. The Labute approximate surface area is 166 Å². The summed E-state index contributed by atoms with van der Waals surface area (Å²) < 4.78 is 32.0. The van der Waals surface area contributed by atoms with Crippen molar-refractivity contribution in [3.8, 4) is 0 Å². The van der Waals surface area contributed by atoms with Crippen LogP contribution in [0.3, 0.4) is 0 Å². The van der Waals surface area contributed by atoms with Gasteiger partial charge in [0, 0.05) is 13.1 Å². The van der Waals surface area contributed by atoms with Crippen LogP contribution < -0.4 is 0 Å². The lowest BCUT2D eigenvalue weighted by molar-refractivity contribution is 0.0472. The average Bonchev–Trinajstić information content (AvgIpc) is 2.60. The Morgan fingerprint density at radius 3 is 2.19 bits per heavy atom. The molecule has 2 aromatic carbocycles. The monoisotopic (exact) mass is 409 g/mol. The first-order valence-electron chi connectivity index (χ1n) is 8.73. The number of aryl methyl sites for hydroxylation is 2. The van der Waals surface area contributed by atoms with Crippen LogP contribution in [0, 0.1) is 13.8 Å². The molecule has 5 nitrogen and oxygen atoms in total. The molecular weight excluding hydrogens is 386 g/mol. The Morgan fingerprint density at radius 1 is 1.04 bits per heavy atom. The van der Waals surface area contributed by atoms with Crippen LogP contribution in [-0.2, 0) is 21.4 Å². The highest BCUT2D eigenvalue weighted by molar-refractivity contribution is 7.89. The normalized spacial score (nSPS) is 11.6. The van der Waals surface area contributed by atoms with Crippen LogP contribution in [0.4, 0.5) is 0 Å². The summed E-state index contributed by atoms with van der Waals surface area (Å²) in [5.41, 5.74) is 3.05. The van der Waals surface area contributed by atoms with Crippen LogP contribution in [0.25, 0.3) is 0 Å². The molecule has 0 radical (unpaired) electrons. The number of hydrogen-bond donors (Lipinski definition) is 0. The Kier molecular flexibility index (Phi) is 7.03. The SMILES string of the molecule is CCN(CC)S(=O)(=O)c1ccc(Cl)c(C(=O)OCc2cc(C)cc(C)c2)c1. The molecule has 0 heterocycles. The minimum atomic E-state index is -3.69. The van der Waals surface area contributed by atoms with E-state index in [1.807, 2.05) is 32.0 Å². The molecular formula is C20H24ClNO4S. The van der Waals surface area contributed by atoms with Crippen molar-refractivity contribution >= 4 is 27.6 Å². The fourth-order valence-corrected chi connectivity index (χ4v) is 4.59. The second-order valence-corrected chi connectivity index (χ2v) is 8.65. The topological polar surface area (TPSA) is 63.7 Å². The minimum Gasteiger partial charge on any atom is -0.457 e. The van der Waals surface area contributed by atoms with Crippen molar-refractivity contribution in [3.63, 3.8) is 0 Å². The molecule has 0 aliphatic heterocycles. The summed E-state index contributed by atoms with van der Waals surface area (Å²) in [6, 6.07) is 9.98. The molecule has 0 aliphatic rings. The number of hydrogen-bond acceptors (Lipinski definition) is 4. The van der Waals surface area contributed by atoms with Gasteiger partial charge in [0.25, 0.3) is 0 Å². The van der Waals surface area contributed by atoms with Gasteiger partial charge in [-0.25, -0.2) is 13.2 Å². The zero-order valence-electron chi connectivity index (χ0n) is 16.0. The molecule has 2 aromatic rings. The van der Waals surface area contributed by atoms with Crippen LogP contribution >= 0.6 is 11.6 Å². The number of rotatable bonds is 7. The third-order valence-electron chi connectivity index (χ3n) is 4.15. The van der Waals surface area contributed by atoms with Crippen molar-refractivity contribution < 1.29 is 17.9 Å². The molecule has 7 heteroatoms. The van der Waals surface area contributed by atoms with E-state index in [0.29, 0.717) is 13.1 Å². The maximum absolute atomic E-state index is 12.7. The van der Waals surface area contributed by atoms with Crippen LogP contribution in [0.5, 0.6) is 0 Å².